The largest absolute Gasteiger partial charge is 0.405 e. The van der Waals surface area contributed by atoms with Gasteiger partial charge in [0.1, 0.15) is 24.1 Å². The number of aliphatic hydroxyl groups is 1. The molecule has 3 N–H and O–H groups in total. The summed E-state index contributed by atoms with van der Waals surface area (Å²) in [5, 5.41) is 13.8. The average Bonchev–Trinajstić information content (AvgIpc) is 3.33. The number of carbonyl (C=O) groups is 1. The number of alkyl halides is 3. The molecule has 3 aromatic heterocycles. The molecule has 4 rings (SSSR count). The van der Waals surface area contributed by atoms with E-state index in [4.69, 9.17) is 11.6 Å². The van der Waals surface area contributed by atoms with E-state index >= 15 is 0 Å². The SMILES string of the molecule is CC[C@@]1(O)C[C@H](C(=O)NCC(F)(F)F)N(c2ccnc(-c3c[nH]c4ncc(Cl)cc34)n2)C1.[HH]. The van der Waals surface area contributed by atoms with Gasteiger partial charge in [-0.3, -0.25) is 4.79 Å². The third-order valence-corrected chi connectivity index (χ3v) is 5.72. The van der Waals surface area contributed by atoms with E-state index in [0.717, 1.165) is 0 Å². The lowest BCUT2D eigenvalue weighted by Crippen LogP contribution is -2.46. The molecule has 0 bridgehead atoms. The Labute approximate surface area is 187 Å². The Hall–Kier alpha value is -2.92. The molecule has 1 amide bonds. The molecule has 8 nitrogen and oxygen atoms in total. The lowest BCUT2D eigenvalue weighted by atomic mass is 9.97. The summed E-state index contributed by atoms with van der Waals surface area (Å²) < 4.78 is 37.8. The van der Waals surface area contributed by atoms with Crippen LogP contribution in [0.15, 0.2) is 30.7 Å². The Balaban J connectivity index is 0.00000306. The van der Waals surface area contributed by atoms with Gasteiger partial charge in [-0.25, -0.2) is 15.0 Å². The minimum atomic E-state index is -4.53. The lowest BCUT2D eigenvalue weighted by molar-refractivity contribution is -0.139. The summed E-state index contributed by atoms with van der Waals surface area (Å²) in [5.74, 6) is -0.190. The zero-order valence-corrected chi connectivity index (χ0v) is 17.7. The van der Waals surface area contributed by atoms with Crippen LogP contribution >= 0.6 is 11.6 Å². The fourth-order valence-corrected chi connectivity index (χ4v) is 3.96. The summed E-state index contributed by atoms with van der Waals surface area (Å²) in [5.41, 5.74) is -0.0203. The number of fused-ring (bicyclic) bond motifs is 1. The molecule has 1 fully saturated rings. The van der Waals surface area contributed by atoms with Crippen molar-refractivity contribution < 1.29 is 24.5 Å². The number of H-pyrrole nitrogens is 1. The zero-order chi connectivity index (χ0) is 23.1. The number of hydrogen-bond acceptors (Lipinski definition) is 6. The van der Waals surface area contributed by atoms with Crippen molar-refractivity contribution in [3.63, 3.8) is 0 Å². The number of aromatic amines is 1. The first-order valence-corrected chi connectivity index (χ1v) is 10.3. The van der Waals surface area contributed by atoms with Gasteiger partial charge in [-0.1, -0.05) is 18.5 Å². The van der Waals surface area contributed by atoms with Crippen molar-refractivity contribution in [2.24, 2.45) is 0 Å². The summed E-state index contributed by atoms with van der Waals surface area (Å²) >= 11 is 6.06. The monoisotopic (exact) mass is 470 g/mol. The number of nitrogens with zero attached hydrogens (tertiary/aromatic N) is 4. The predicted octanol–water partition coefficient (Wildman–Crippen LogP) is 3.32. The second-order valence-corrected chi connectivity index (χ2v) is 8.19. The number of pyridine rings is 1. The molecule has 12 heteroatoms. The number of halogens is 4. The van der Waals surface area contributed by atoms with E-state index < -0.39 is 30.3 Å². The van der Waals surface area contributed by atoms with Crippen LogP contribution in [0.1, 0.15) is 21.2 Å². The zero-order valence-electron chi connectivity index (χ0n) is 16.9. The summed E-state index contributed by atoms with van der Waals surface area (Å²) in [4.78, 5) is 30.1. The Kier molecular flexibility index (Phi) is 5.72. The second-order valence-electron chi connectivity index (χ2n) is 7.75. The smallest absolute Gasteiger partial charge is 0.388 e. The molecular formula is C20H22ClF3N6O2. The first-order valence-electron chi connectivity index (χ1n) is 9.88. The Morgan fingerprint density at radius 2 is 2.25 bits per heavy atom. The maximum atomic E-state index is 12.6. The quantitative estimate of drug-likeness (QED) is 0.528. The maximum absolute atomic E-state index is 12.6. The highest BCUT2D eigenvalue weighted by Crippen LogP contribution is 2.34. The van der Waals surface area contributed by atoms with E-state index in [1.165, 1.54) is 17.3 Å². The first-order chi connectivity index (χ1) is 15.1. The van der Waals surface area contributed by atoms with E-state index in [2.05, 4.69) is 19.9 Å². The van der Waals surface area contributed by atoms with Crippen LogP contribution in [0.3, 0.4) is 0 Å². The van der Waals surface area contributed by atoms with E-state index in [0.29, 0.717) is 39.7 Å². The van der Waals surface area contributed by atoms with Gasteiger partial charge in [0, 0.05) is 43.9 Å². The van der Waals surface area contributed by atoms with E-state index in [1.807, 2.05) is 5.32 Å². The normalized spacial score (nSPS) is 21.3. The third-order valence-electron chi connectivity index (χ3n) is 5.51. The molecule has 3 aromatic rings. The Morgan fingerprint density at radius 1 is 1.47 bits per heavy atom. The standard InChI is InChI=1S/C20H20ClF3N6O2.H2/c1-2-19(32)6-14(18(31)28-9-20(22,23)24)30(10-19)15-3-4-25-17(29-15)13-8-27-16-12(13)5-11(21)7-26-16;/h3-5,7-8,14,32H,2,6,9-10H2,1H3,(H,26,27)(H,28,31);1H/t14-,19-;/m1./s1. The Bertz CT molecular complexity index is 1160. The molecule has 0 aromatic carbocycles. The van der Waals surface area contributed by atoms with Crippen molar-refractivity contribution in [3.8, 4) is 11.4 Å². The van der Waals surface area contributed by atoms with E-state index in [-0.39, 0.29) is 14.4 Å². The van der Waals surface area contributed by atoms with Crippen molar-refractivity contribution in [3.05, 3.63) is 35.7 Å². The molecule has 32 heavy (non-hydrogen) atoms. The number of rotatable bonds is 5. The van der Waals surface area contributed by atoms with Crippen LogP contribution in [0.5, 0.6) is 0 Å². The van der Waals surface area contributed by atoms with Gasteiger partial charge < -0.3 is 20.3 Å². The van der Waals surface area contributed by atoms with Crippen LogP contribution in [0.2, 0.25) is 5.02 Å². The minimum absolute atomic E-state index is 0. The molecular weight excluding hydrogens is 449 g/mol. The topological polar surface area (TPSA) is 107 Å². The molecule has 1 aliphatic rings. The molecule has 172 valence electrons. The lowest BCUT2D eigenvalue weighted by Gasteiger charge is -2.25. The Morgan fingerprint density at radius 3 is 2.97 bits per heavy atom. The van der Waals surface area contributed by atoms with Gasteiger partial charge in [-0.2, -0.15) is 13.2 Å². The van der Waals surface area contributed by atoms with Crippen LogP contribution in [0.4, 0.5) is 19.0 Å². The molecule has 2 atom stereocenters. The number of amides is 1. The molecule has 0 spiro atoms. The number of aromatic nitrogens is 4. The summed E-state index contributed by atoms with van der Waals surface area (Å²) in [6.45, 7) is 0.354. The van der Waals surface area contributed by atoms with Crippen molar-refractivity contribution in [2.45, 2.75) is 37.6 Å². The van der Waals surface area contributed by atoms with Crippen LogP contribution in [-0.4, -0.2) is 61.9 Å². The van der Waals surface area contributed by atoms with Crippen LogP contribution in [0.25, 0.3) is 22.4 Å². The molecule has 1 aliphatic heterocycles. The van der Waals surface area contributed by atoms with Gasteiger partial charge >= 0.3 is 6.18 Å². The highest BCUT2D eigenvalue weighted by molar-refractivity contribution is 6.31. The van der Waals surface area contributed by atoms with Crippen molar-refractivity contribution >= 4 is 34.4 Å². The van der Waals surface area contributed by atoms with Crippen LogP contribution in [-0.2, 0) is 4.79 Å². The molecule has 0 aliphatic carbocycles. The number of β-amino-alcohol motifs (C(OH)–C–C–N with tert-alkyl or cyclic N) is 1. The van der Waals surface area contributed by atoms with Crippen molar-refractivity contribution in [1.29, 1.82) is 0 Å². The fraction of sp³-hybridized carbons (Fsp3) is 0.400. The van der Waals surface area contributed by atoms with E-state index in [9.17, 15) is 23.1 Å². The molecule has 1 saturated heterocycles. The van der Waals surface area contributed by atoms with Crippen molar-refractivity contribution in [1.82, 2.24) is 25.3 Å². The number of carbonyl (C=O) groups excluding carboxylic acids is 1. The molecule has 4 heterocycles. The highest BCUT2D eigenvalue weighted by Gasteiger charge is 2.46. The summed E-state index contributed by atoms with van der Waals surface area (Å²) in [6, 6.07) is 2.25. The van der Waals surface area contributed by atoms with Gasteiger partial charge in [-0.15, -0.1) is 0 Å². The molecule has 0 radical (unpaired) electrons. The highest BCUT2D eigenvalue weighted by atomic mass is 35.5. The third kappa shape index (κ3) is 4.49. The maximum Gasteiger partial charge on any atom is 0.405 e. The van der Waals surface area contributed by atoms with E-state index in [1.54, 1.807) is 25.3 Å². The van der Waals surface area contributed by atoms with Crippen LogP contribution in [0, 0.1) is 0 Å². The molecule has 0 unspecified atom stereocenters. The average molecular weight is 471 g/mol. The van der Waals surface area contributed by atoms with Gasteiger partial charge in [0.15, 0.2) is 5.82 Å². The van der Waals surface area contributed by atoms with Gasteiger partial charge in [0.05, 0.1) is 10.6 Å². The molecule has 0 saturated carbocycles. The van der Waals surface area contributed by atoms with Gasteiger partial charge in [0.25, 0.3) is 0 Å². The predicted molar refractivity (Wildman–Crippen MR) is 114 cm³/mol. The van der Waals surface area contributed by atoms with Crippen molar-refractivity contribution in [2.75, 3.05) is 18.0 Å². The fourth-order valence-electron chi connectivity index (χ4n) is 3.80. The van der Waals surface area contributed by atoms with Crippen LogP contribution < -0.4 is 10.2 Å². The second kappa shape index (κ2) is 8.21. The van der Waals surface area contributed by atoms with Gasteiger partial charge in [0.2, 0.25) is 5.91 Å². The number of nitrogens with one attached hydrogen (secondary N) is 2. The number of hydrogen-bond donors (Lipinski definition) is 3. The summed E-state index contributed by atoms with van der Waals surface area (Å²) in [6.07, 6.45) is 0.444. The minimum Gasteiger partial charge on any atom is -0.388 e. The first kappa shape index (κ1) is 22.3. The van der Waals surface area contributed by atoms with Gasteiger partial charge in [-0.05, 0) is 18.6 Å². The number of anilines is 1. The summed E-state index contributed by atoms with van der Waals surface area (Å²) in [7, 11) is 0.